The maximum absolute atomic E-state index is 4.13. The molecule has 0 fully saturated rings. The number of unbranched alkanes of at least 4 members (excludes halogenated alkanes) is 3. The van der Waals surface area contributed by atoms with Gasteiger partial charge in [0.05, 0.1) is 0 Å². The Hall–Kier alpha value is 0.177. The molecule has 0 radical (unpaired) electrons. The molecular formula is C18H41NSi. The smallest absolute Gasteiger partial charge is 0.126 e. The van der Waals surface area contributed by atoms with Crippen LogP contribution in [0.2, 0.25) is 18.1 Å². The number of rotatable bonds is 12. The normalized spacial score (nSPS) is 12.9. The Morgan fingerprint density at radius 1 is 0.700 bits per heavy atom. The van der Waals surface area contributed by atoms with Crippen LogP contribution >= 0.6 is 0 Å². The number of hydrogen-bond donors (Lipinski definition) is 1. The monoisotopic (exact) mass is 299 g/mol. The third-order valence-electron chi connectivity index (χ3n) is 3.93. The van der Waals surface area contributed by atoms with Crippen LogP contribution in [0.1, 0.15) is 74.1 Å². The van der Waals surface area contributed by atoms with E-state index in [0.717, 1.165) is 17.8 Å². The van der Waals surface area contributed by atoms with Gasteiger partial charge in [-0.15, -0.1) is 0 Å². The topological polar surface area (TPSA) is 12.0 Å². The molecule has 2 heteroatoms. The number of hydrogen-bond acceptors (Lipinski definition) is 1. The van der Waals surface area contributed by atoms with Crippen molar-refractivity contribution in [1.82, 2.24) is 4.98 Å². The summed E-state index contributed by atoms with van der Waals surface area (Å²) in [7, 11) is -1.29. The molecule has 0 saturated carbocycles. The van der Waals surface area contributed by atoms with Gasteiger partial charge in [-0.2, -0.15) is 0 Å². The molecule has 1 N–H and O–H groups in total. The highest BCUT2D eigenvalue weighted by Crippen LogP contribution is 2.29. The lowest BCUT2D eigenvalue weighted by Crippen LogP contribution is -2.53. The van der Waals surface area contributed by atoms with Crippen LogP contribution in [0, 0.1) is 17.8 Å². The van der Waals surface area contributed by atoms with Gasteiger partial charge in [-0.25, -0.2) is 0 Å². The fourth-order valence-corrected chi connectivity index (χ4v) is 10.0. The first-order valence-corrected chi connectivity index (χ1v) is 11.7. The molecular weight excluding hydrogens is 258 g/mol. The van der Waals surface area contributed by atoms with Gasteiger partial charge in [0.2, 0.25) is 0 Å². The van der Waals surface area contributed by atoms with Crippen molar-refractivity contribution in [1.29, 1.82) is 0 Å². The molecule has 122 valence electrons. The molecule has 0 atom stereocenters. The Morgan fingerprint density at radius 2 is 1.15 bits per heavy atom. The van der Waals surface area contributed by atoms with Gasteiger partial charge in [0.15, 0.2) is 0 Å². The molecule has 0 bridgehead atoms. The van der Waals surface area contributed by atoms with Crippen LogP contribution in [0.15, 0.2) is 0 Å². The van der Waals surface area contributed by atoms with E-state index in [9.17, 15) is 0 Å². The van der Waals surface area contributed by atoms with Crippen molar-refractivity contribution in [2.45, 2.75) is 92.3 Å². The highest BCUT2D eigenvalue weighted by atomic mass is 28.3. The van der Waals surface area contributed by atoms with Crippen LogP contribution in [-0.2, 0) is 0 Å². The van der Waals surface area contributed by atoms with Crippen molar-refractivity contribution in [3.05, 3.63) is 0 Å². The summed E-state index contributed by atoms with van der Waals surface area (Å²) in [6, 6.07) is 4.37. The zero-order chi connectivity index (χ0) is 15.6. The zero-order valence-corrected chi connectivity index (χ0v) is 16.4. The Morgan fingerprint density at radius 3 is 1.50 bits per heavy atom. The molecule has 0 saturated heterocycles. The van der Waals surface area contributed by atoms with Crippen molar-refractivity contribution in [2.75, 3.05) is 6.54 Å². The predicted octanol–water partition coefficient (Wildman–Crippen LogP) is 6.07. The van der Waals surface area contributed by atoms with Gasteiger partial charge in [0.25, 0.3) is 0 Å². The summed E-state index contributed by atoms with van der Waals surface area (Å²) < 4.78 is 0. The van der Waals surface area contributed by atoms with Gasteiger partial charge in [-0.05, 0) is 48.9 Å². The minimum absolute atomic E-state index is 0.835. The summed E-state index contributed by atoms with van der Waals surface area (Å²) in [6.07, 6.45) is 5.51. The fraction of sp³-hybridized carbons (Fsp3) is 1.00. The Kier molecular flexibility index (Phi) is 10.9. The first-order chi connectivity index (χ1) is 9.31. The lowest BCUT2D eigenvalue weighted by molar-refractivity contribution is 0.601. The Bertz CT molecular complexity index is 197. The molecule has 0 amide bonds. The standard InChI is InChI=1S/C18H41NSi/c1-8-9-10-11-12-19-20(13-16(2)3,14-17(4)5)15-18(6)7/h16-19H,8-15H2,1-7H3. The largest absolute Gasteiger partial charge is 0.337 e. The zero-order valence-electron chi connectivity index (χ0n) is 15.4. The van der Waals surface area contributed by atoms with E-state index in [1.165, 1.54) is 50.4 Å². The molecule has 0 aliphatic carbocycles. The van der Waals surface area contributed by atoms with E-state index >= 15 is 0 Å². The van der Waals surface area contributed by atoms with Gasteiger partial charge >= 0.3 is 0 Å². The van der Waals surface area contributed by atoms with E-state index in [1.54, 1.807) is 0 Å². The second-order valence-corrected chi connectivity index (χ2v) is 12.2. The summed E-state index contributed by atoms with van der Waals surface area (Å²) in [4.78, 5) is 4.13. The van der Waals surface area contributed by atoms with Gasteiger partial charge in [-0.3, -0.25) is 0 Å². The maximum Gasteiger partial charge on any atom is 0.126 e. The summed E-state index contributed by atoms with van der Waals surface area (Å²) in [6.45, 7) is 18.0. The van der Waals surface area contributed by atoms with Gasteiger partial charge in [0, 0.05) is 0 Å². The molecule has 1 nitrogen and oxygen atoms in total. The molecule has 0 aliphatic rings. The van der Waals surface area contributed by atoms with Gasteiger partial charge in [0.1, 0.15) is 8.24 Å². The second-order valence-electron chi connectivity index (χ2n) is 8.06. The first-order valence-electron chi connectivity index (χ1n) is 9.06. The van der Waals surface area contributed by atoms with Crippen molar-refractivity contribution in [2.24, 2.45) is 17.8 Å². The molecule has 0 unspecified atom stereocenters. The second kappa shape index (κ2) is 10.8. The average molecular weight is 300 g/mol. The SMILES string of the molecule is CCCCCCN[Si](CC(C)C)(CC(C)C)CC(C)C. The highest BCUT2D eigenvalue weighted by Gasteiger charge is 2.34. The summed E-state index contributed by atoms with van der Waals surface area (Å²) in [5, 5.41) is 0. The van der Waals surface area contributed by atoms with Crippen LogP contribution in [0.3, 0.4) is 0 Å². The number of nitrogens with one attached hydrogen (secondary N) is 1. The molecule has 0 aromatic carbocycles. The third-order valence-corrected chi connectivity index (χ3v) is 9.72. The average Bonchev–Trinajstić information content (AvgIpc) is 2.25. The molecule has 0 rings (SSSR count). The van der Waals surface area contributed by atoms with Gasteiger partial charge < -0.3 is 4.98 Å². The van der Waals surface area contributed by atoms with Crippen molar-refractivity contribution < 1.29 is 0 Å². The van der Waals surface area contributed by atoms with Crippen LogP contribution in [-0.4, -0.2) is 14.8 Å². The Balaban J connectivity index is 4.60. The molecule has 0 aliphatic heterocycles. The minimum Gasteiger partial charge on any atom is -0.337 e. The molecule has 0 heterocycles. The summed E-state index contributed by atoms with van der Waals surface area (Å²) in [5.41, 5.74) is 0. The molecule has 0 aromatic heterocycles. The maximum atomic E-state index is 4.13. The quantitative estimate of drug-likeness (QED) is 0.340. The van der Waals surface area contributed by atoms with Crippen LogP contribution in [0.5, 0.6) is 0 Å². The molecule has 0 aromatic rings. The van der Waals surface area contributed by atoms with E-state index in [4.69, 9.17) is 0 Å². The Labute approximate surface area is 130 Å². The van der Waals surface area contributed by atoms with E-state index < -0.39 is 8.24 Å². The van der Waals surface area contributed by atoms with Crippen molar-refractivity contribution in [3.8, 4) is 0 Å². The summed E-state index contributed by atoms with van der Waals surface area (Å²) >= 11 is 0. The van der Waals surface area contributed by atoms with Crippen LogP contribution in [0.4, 0.5) is 0 Å². The molecule has 0 spiro atoms. The predicted molar refractivity (Wildman–Crippen MR) is 96.8 cm³/mol. The van der Waals surface area contributed by atoms with E-state index in [0.29, 0.717) is 0 Å². The van der Waals surface area contributed by atoms with E-state index in [2.05, 4.69) is 53.4 Å². The first kappa shape index (κ1) is 20.2. The van der Waals surface area contributed by atoms with Crippen molar-refractivity contribution >= 4 is 8.24 Å². The minimum atomic E-state index is -1.29. The fourth-order valence-electron chi connectivity index (χ4n) is 3.72. The molecule has 20 heavy (non-hydrogen) atoms. The lowest BCUT2D eigenvalue weighted by Gasteiger charge is -2.37. The van der Waals surface area contributed by atoms with Crippen LogP contribution < -0.4 is 4.98 Å². The van der Waals surface area contributed by atoms with Crippen LogP contribution in [0.25, 0.3) is 0 Å². The lowest BCUT2D eigenvalue weighted by atomic mass is 10.2. The third kappa shape index (κ3) is 9.98. The van der Waals surface area contributed by atoms with E-state index in [-0.39, 0.29) is 0 Å². The highest BCUT2D eigenvalue weighted by molar-refractivity contribution is 6.77. The van der Waals surface area contributed by atoms with Gasteiger partial charge in [-0.1, -0.05) is 67.7 Å². The van der Waals surface area contributed by atoms with E-state index in [1.807, 2.05) is 0 Å². The summed E-state index contributed by atoms with van der Waals surface area (Å²) in [5.74, 6) is 2.51. The van der Waals surface area contributed by atoms with Crippen molar-refractivity contribution in [3.63, 3.8) is 0 Å².